The summed E-state index contributed by atoms with van der Waals surface area (Å²) >= 11 is 1.57. The average molecular weight is 564 g/mol. The van der Waals surface area contributed by atoms with Crippen LogP contribution < -0.4 is 20.9 Å². The maximum atomic E-state index is 13.4. The Morgan fingerprint density at radius 1 is 1.10 bits per heavy atom. The lowest BCUT2D eigenvalue weighted by molar-refractivity contribution is -0.127. The first-order chi connectivity index (χ1) is 19.3. The van der Waals surface area contributed by atoms with E-state index in [2.05, 4.69) is 62.3 Å². The van der Waals surface area contributed by atoms with E-state index >= 15 is 0 Å². The first-order valence-corrected chi connectivity index (χ1v) is 14.8. The highest BCUT2D eigenvalue weighted by Crippen LogP contribution is 2.35. The third kappa shape index (κ3) is 5.01. The Hall–Kier alpha value is -3.64. The highest BCUT2D eigenvalue weighted by molar-refractivity contribution is 7.14. The van der Waals surface area contributed by atoms with Crippen molar-refractivity contribution >= 4 is 51.4 Å². The van der Waals surface area contributed by atoms with Gasteiger partial charge < -0.3 is 30.7 Å². The van der Waals surface area contributed by atoms with Crippen molar-refractivity contribution in [2.24, 2.45) is 0 Å². The Bertz CT molecular complexity index is 1470. The van der Waals surface area contributed by atoms with Crippen LogP contribution in [0.3, 0.4) is 0 Å². The summed E-state index contributed by atoms with van der Waals surface area (Å²) in [4.78, 5) is 40.3. The van der Waals surface area contributed by atoms with E-state index in [0.29, 0.717) is 25.5 Å². The molecule has 3 aliphatic rings. The summed E-state index contributed by atoms with van der Waals surface area (Å²) < 4.78 is 1.84. The molecule has 0 bridgehead atoms. The smallest absolute Gasteiger partial charge is 0.261 e. The molecule has 3 aromatic heterocycles. The quantitative estimate of drug-likeness (QED) is 0.485. The predicted octanol–water partition coefficient (Wildman–Crippen LogP) is 2.08. The second kappa shape index (κ2) is 10.7. The number of nitrogens with zero attached hydrogens (tertiary/aromatic N) is 7. The zero-order valence-electron chi connectivity index (χ0n) is 23.4. The van der Waals surface area contributed by atoms with Gasteiger partial charge in [-0.1, -0.05) is 6.08 Å². The minimum atomic E-state index is -0.00830. The lowest BCUT2D eigenvalue weighted by Gasteiger charge is -2.34. The third-order valence-electron chi connectivity index (χ3n) is 8.31. The van der Waals surface area contributed by atoms with Crippen LogP contribution in [0.5, 0.6) is 0 Å². The number of hydrogen-bond acceptors (Lipinski definition) is 9. The number of likely N-dealkylation sites (N-methyl/N-ethyl adjacent to an activating group) is 1. The highest BCUT2D eigenvalue weighted by atomic mass is 32.1. The molecular weight excluding hydrogens is 526 g/mol. The minimum absolute atomic E-state index is 0.00830. The summed E-state index contributed by atoms with van der Waals surface area (Å²) in [6.45, 7) is 10.4. The van der Waals surface area contributed by atoms with Gasteiger partial charge in [0, 0.05) is 70.2 Å². The molecule has 11 nitrogen and oxygen atoms in total. The summed E-state index contributed by atoms with van der Waals surface area (Å²) in [5.74, 6) is 0.452. The van der Waals surface area contributed by atoms with E-state index in [-0.39, 0.29) is 17.9 Å². The molecule has 40 heavy (non-hydrogen) atoms. The average Bonchev–Trinajstić information content (AvgIpc) is 3.67. The molecular formula is C28H37N9O2S. The molecule has 0 unspecified atom stereocenters. The summed E-state index contributed by atoms with van der Waals surface area (Å²) in [5, 5.41) is 7.82. The van der Waals surface area contributed by atoms with Crippen molar-refractivity contribution in [3.05, 3.63) is 40.0 Å². The molecule has 0 aromatic carbocycles. The Labute approximate surface area is 238 Å². The fourth-order valence-electron chi connectivity index (χ4n) is 6.01. The largest absolute Gasteiger partial charge is 0.382 e. The van der Waals surface area contributed by atoms with Crippen molar-refractivity contribution in [1.82, 2.24) is 29.7 Å². The van der Waals surface area contributed by atoms with Gasteiger partial charge in [0.2, 0.25) is 5.91 Å². The third-order valence-corrected chi connectivity index (χ3v) is 9.35. The number of anilines is 3. The van der Waals surface area contributed by atoms with Crippen LogP contribution in [0.15, 0.2) is 24.5 Å². The van der Waals surface area contributed by atoms with Gasteiger partial charge in [0.05, 0.1) is 21.9 Å². The van der Waals surface area contributed by atoms with Crippen LogP contribution in [-0.2, 0) is 4.79 Å². The SMILES string of the molecule is CC(=O)N1CC=C(c2cc(N3CCC[C@@H](NC(=O)c4cc(N5CCN(C)CC5)c(C)s4)C3)c3c(N)ncnn23)C1. The summed E-state index contributed by atoms with van der Waals surface area (Å²) in [6.07, 6.45) is 5.40. The van der Waals surface area contributed by atoms with Crippen LogP contribution in [0, 0.1) is 6.92 Å². The Morgan fingerprint density at radius 3 is 2.65 bits per heavy atom. The number of fused-ring (bicyclic) bond motifs is 1. The first kappa shape index (κ1) is 26.6. The monoisotopic (exact) mass is 563 g/mol. The zero-order valence-corrected chi connectivity index (χ0v) is 24.2. The molecule has 0 spiro atoms. The predicted molar refractivity (Wildman–Crippen MR) is 159 cm³/mol. The van der Waals surface area contributed by atoms with Gasteiger partial charge in [-0.05, 0) is 44.5 Å². The molecule has 3 aromatic rings. The molecule has 0 radical (unpaired) electrons. The number of aryl methyl sites for hydroxylation is 1. The summed E-state index contributed by atoms with van der Waals surface area (Å²) in [6, 6.07) is 4.18. The van der Waals surface area contributed by atoms with E-state index in [1.54, 1.807) is 23.2 Å². The Morgan fingerprint density at radius 2 is 1.90 bits per heavy atom. The molecule has 3 aliphatic heterocycles. The number of piperidine rings is 1. The van der Waals surface area contributed by atoms with Gasteiger partial charge in [0.15, 0.2) is 5.82 Å². The number of thiophene rings is 1. The number of nitrogens with two attached hydrogens (primary N) is 1. The van der Waals surface area contributed by atoms with Crippen molar-refractivity contribution in [3.8, 4) is 0 Å². The van der Waals surface area contributed by atoms with Crippen LogP contribution in [0.4, 0.5) is 17.2 Å². The number of piperazine rings is 1. The number of nitrogen functional groups attached to an aromatic ring is 1. The molecule has 0 saturated carbocycles. The van der Waals surface area contributed by atoms with Crippen molar-refractivity contribution < 1.29 is 9.59 Å². The molecule has 0 aliphatic carbocycles. The van der Waals surface area contributed by atoms with Gasteiger partial charge in [-0.15, -0.1) is 11.3 Å². The van der Waals surface area contributed by atoms with E-state index in [1.807, 2.05) is 4.52 Å². The number of rotatable bonds is 5. The number of carbonyl (C=O) groups excluding carboxylic acids is 2. The van der Waals surface area contributed by atoms with Crippen LogP contribution in [0.25, 0.3) is 11.1 Å². The molecule has 1 atom stereocenters. The number of nitrogens with one attached hydrogen (secondary N) is 1. The van der Waals surface area contributed by atoms with Crippen LogP contribution in [0.2, 0.25) is 0 Å². The van der Waals surface area contributed by atoms with Crippen molar-refractivity contribution in [2.75, 3.05) is 74.9 Å². The normalized spacial score (nSPS) is 20.3. The standard InChI is InChI=1S/C28H37N9O2S/c1-18-22(34-11-9-33(3)10-12-34)14-25(40-18)28(39)32-21-5-4-7-36(16-21)24-13-23(20-6-8-35(15-20)19(2)38)37-26(24)27(29)30-17-31-37/h6,13-14,17,21H,4-5,7-12,15-16H2,1-3H3,(H,32,39)(H2,29,30,31)/t21-/m1/s1. The lowest BCUT2D eigenvalue weighted by atomic mass is 10.0. The van der Waals surface area contributed by atoms with Crippen molar-refractivity contribution in [2.45, 2.75) is 32.7 Å². The Balaban J connectivity index is 1.19. The fraction of sp³-hybridized carbons (Fsp3) is 0.500. The second-order valence-electron chi connectivity index (χ2n) is 11.1. The maximum Gasteiger partial charge on any atom is 0.261 e. The summed E-state index contributed by atoms with van der Waals surface area (Å²) in [7, 11) is 2.15. The van der Waals surface area contributed by atoms with Crippen molar-refractivity contribution in [3.63, 3.8) is 0 Å². The van der Waals surface area contributed by atoms with E-state index in [4.69, 9.17) is 5.73 Å². The van der Waals surface area contributed by atoms with Crippen LogP contribution in [-0.4, -0.2) is 102 Å². The molecule has 6 rings (SSSR count). The molecule has 2 fully saturated rings. The van der Waals surface area contributed by atoms with Gasteiger partial charge in [0.1, 0.15) is 11.8 Å². The van der Waals surface area contributed by atoms with E-state index < -0.39 is 0 Å². The van der Waals surface area contributed by atoms with Crippen molar-refractivity contribution in [1.29, 1.82) is 0 Å². The highest BCUT2D eigenvalue weighted by Gasteiger charge is 2.29. The zero-order chi connectivity index (χ0) is 28.0. The van der Waals surface area contributed by atoms with Gasteiger partial charge in [-0.3, -0.25) is 9.59 Å². The molecule has 6 heterocycles. The van der Waals surface area contributed by atoms with Gasteiger partial charge in [-0.2, -0.15) is 5.10 Å². The van der Waals surface area contributed by atoms with Gasteiger partial charge in [0.25, 0.3) is 5.91 Å². The van der Waals surface area contributed by atoms with E-state index in [9.17, 15) is 9.59 Å². The number of aromatic nitrogens is 3. The molecule has 2 saturated heterocycles. The minimum Gasteiger partial charge on any atom is -0.382 e. The number of carbonyl (C=O) groups is 2. The lowest BCUT2D eigenvalue weighted by Crippen LogP contribution is -2.47. The second-order valence-corrected chi connectivity index (χ2v) is 12.3. The number of amides is 2. The maximum absolute atomic E-state index is 13.4. The fourth-order valence-corrected chi connectivity index (χ4v) is 6.96. The topological polar surface area (TPSA) is 115 Å². The summed E-state index contributed by atoms with van der Waals surface area (Å²) in [5.41, 5.74) is 11.2. The number of hydrogen-bond donors (Lipinski definition) is 2. The molecule has 3 N–H and O–H groups in total. The first-order valence-electron chi connectivity index (χ1n) is 14.0. The van der Waals surface area contributed by atoms with Gasteiger partial charge in [-0.25, -0.2) is 9.50 Å². The van der Waals surface area contributed by atoms with Gasteiger partial charge >= 0.3 is 0 Å². The van der Waals surface area contributed by atoms with E-state index in [1.165, 1.54) is 16.9 Å². The van der Waals surface area contributed by atoms with Crippen LogP contribution in [0.1, 0.15) is 40.0 Å². The van der Waals surface area contributed by atoms with Crippen LogP contribution >= 0.6 is 11.3 Å². The molecule has 212 valence electrons. The molecule has 12 heteroatoms. The molecule has 2 amide bonds. The van der Waals surface area contributed by atoms with E-state index in [0.717, 1.165) is 72.9 Å². The Kier molecular flexibility index (Phi) is 7.13.